The minimum absolute atomic E-state index is 0.00550. The second-order valence-electron chi connectivity index (χ2n) is 4.23. The molecule has 0 aromatic carbocycles. The number of hydrogen-bond donors (Lipinski definition) is 2. The maximum atomic E-state index is 12.1. The van der Waals surface area contributed by atoms with Gasteiger partial charge in [0.1, 0.15) is 10.7 Å². The summed E-state index contributed by atoms with van der Waals surface area (Å²) in [6, 6.07) is 2.93. The van der Waals surface area contributed by atoms with Gasteiger partial charge < -0.3 is 9.84 Å². The first kappa shape index (κ1) is 15.7. The Balaban J connectivity index is 2.10. The molecule has 0 aliphatic heterocycles. The van der Waals surface area contributed by atoms with E-state index in [0.29, 0.717) is 18.1 Å². The van der Waals surface area contributed by atoms with Gasteiger partial charge in [0.15, 0.2) is 5.76 Å². The summed E-state index contributed by atoms with van der Waals surface area (Å²) in [6.45, 7) is 2.73. The topological polar surface area (TPSA) is 97.1 Å². The van der Waals surface area contributed by atoms with E-state index in [-0.39, 0.29) is 16.5 Å². The van der Waals surface area contributed by atoms with Crippen LogP contribution in [0, 0.1) is 0 Å². The number of nitrogens with one attached hydrogen (secondary N) is 2. The SMILES string of the molecule is CCCNc1ncc(S(=O)(=O)NCc2ccno2)cc1Cl. The first-order valence-electron chi connectivity index (χ1n) is 6.31. The number of anilines is 1. The third kappa shape index (κ3) is 4.16. The van der Waals surface area contributed by atoms with Gasteiger partial charge in [-0.1, -0.05) is 23.7 Å². The molecule has 0 amide bonds. The highest BCUT2D eigenvalue weighted by molar-refractivity contribution is 7.89. The number of sulfonamides is 1. The molecule has 0 radical (unpaired) electrons. The Labute approximate surface area is 127 Å². The van der Waals surface area contributed by atoms with Gasteiger partial charge in [-0.05, 0) is 12.5 Å². The van der Waals surface area contributed by atoms with Crippen LogP contribution in [-0.2, 0) is 16.6 Å². The molecule has 21 heavy (non-hydrogen) atoms. The monoisotopic (exact) mass is 330 g/mol. The van der Waals surface area contributed by atoms with Crippen LogP contribution in [0.15, 0.2) is 33.9 Å². The summed E-state index contributed by atoms with van der Waals surface area (Å²) in [7, 11) is -3.71. The average Bonchev–Trinajstić information content (AvgIpc) is 2.97. The Bertz CT molecular complexity index is 689. The van der Waals surface area contributed by atoms with Crippen molar-refractivity contribution in [1.82, 2.24) is 14.9 Å². The highest BCUT2D eigenvalue weighted by Crippen LogP contribution is 2.22. The van der Waals surface area contributed by atoms with E-state index in [1.54, 1.807) is 6.07 Å². The van der Waals surface area contributed by atoms with Gasteiger partial charge in [0, 0.05) is 18.8 Å². The molecule has 0 fully saturated rings. The fourth-order valence-electron chi connectivity index (χ4n) is 1.52. The van der Waals surface area contributed by atoms with Crippen molar-refractivity contribution in [2.24, 2.45) is 0 Å². The normalized spacial score (nSPS) is 11.5. The maximum Gasteiger partial charge on any atom is 0.242 e. The molecule has 2 aromatic heterocycles. The zero-order valence-electron chi connectivity index (χ0n) is 11.3. The molecule has 7 nitrogen and oxygen atoms in total. The van der Waals surface area contributed by atoms with Gasteiger partial charge in [-0.2, -0.15) is 0 Å². The van der Waals surface area contributed by atoms with Crippen LogP contribution in [0.25, 0.3) is 0 Å². The molecule has 2 N–H and O–H groups in total. The van der Waals surface area contributed by atoms with Crippen LogP contribution >= 0.6 is 11.6 Å². The number of nitrogens with zero attached hydrogens (tertiary/aromatic N) is 2. The smallest absolute Gasteiger partial charge is 0.242 e. The minimum Gasteiger partial charge on any atom is -0.369 e. The largest absolute Gasteiger partial charge is 0.369 e. The molecule has 2 heterocycles. The van der Waals surface area contributed by atoms with Crippen LogP contribution in [0.1, 0.15) is 19.1 Å². The molecule has 114 valence electrons. The van der Waals surface area contributed by atoms with Crippen molar-refractivity contribution in [3.63, 3.8) is 0 Å². The maximum absolute atomic E-state index is 12.1. The van der Waals surface area contributed by atoms with Gasteiger partial charge in [-0.3, -0.25) is 0 Å². The van der Waals surface area contributed by atoms with Crippen LogP contribution < -0.4 is 10.0 Å². The lowest BCUT2D eigenvalue weighted by Crippen LogP contribution is -2.23. The van der Waals surface area contributed by atoms with Crippen LogP contribution in [0.2, 0.25) is 5.02 Å². The standard InChI is InChI=1S/C12H15ClN4O3S/c1-2-4-14-12-11(13)6-10(8-15-12)21(18,19)17-7-9-3-5-16-20-9/h3,5-6,8,17H,2,4,7H2,1H3,(H,14,15). The van der Waals surface area contributed by atoms with Gasteiger partial charge in [-0.25, -0.2) is 18.1 Å². The molecular weight excluding hydrogens is 316 g/mol. The number of rotatable bonds is 7. The van der Waals surface area contributed by atoms with E-state index in [4.69, 9.17) is 16.1 Å². The fourth-order valence-corrected chi connectivity index (χ4v) is 2.78. The molecule has 2 aromatic rings. The molecule has 9 heteroatoms. The Morgan fingerprint density at radius 3 is 2.86 bits per heavy atom. The summed E-state index contributed by atoms with van der Waals surface area (Å²) in [4.78, 5) is 4.02. The van der Waals surface area contributed by atoms with Crippen LogP contribution in [0.3, 0.4) is 0 Å². The molecular formula is C12H15ClN4O3S. The molecule has 0 atom stereocenters. The number of aromatic nitrogens is 2. The zero-order valence-corrected chi connectivity index (χ0v) is 12.9. The predicted octanol–water partition coefficient (Wildman–Crippen LogP) is 2.02. The van der Waals surface area contributed by atoms with Crippen molar-refractivity contribution in [3.05, 3.63) is 35.3 Å². The minimum atomic E-state index is -3.71. The molecule has 0 saturated heterocycles. The summed E-state index contributed by atoms with van der Waals surface area (Å²) >= 11 is 6.03. The van der Waals surface area contributed by atoms with E-state index < -0.39 is 10.0 Å². The average molecular weight is 331 g/mol. The molecule has 2 rings (SSSR count). The Morgan fingerprint density at radius 2 is 2.24 bits per heavy atom. The van der Waals surface area contributed by atoms with Gasteiger partial charge >= 0.3 is 0 Å². The summed E-state index contributed by atoms with van der Waals surface area (Å²) in [5.41, 5.74) is 0. The summed E-state index contributed by atoms with van der Waals surface area (Å²) in [6.07, 6.45) is 3.61. The van der Waals surface area contributed by atoms with E-state index in [2.05, 4.69) is 20.2 Å². The molecule has 0 aliphatic carbocycles. The Morgan fingerprint density at radius 1 is 1.43 bits per heavy atom. The van der Waals surface area contributed by atoms with Crippen molar-refractivity contribution in [2.45, 2.75) is 24.8 Å². The summed E-state index contributed by atoms with van der Waals surface area (Å²) in [5.74, 6) is 0.881. The lowest BCUT2D eigenvalue weighted by molar-refractivity contribution is 0.380. The molecule has 0 aliphatic rings. The predicted molar refractivity (Wildman–Crippen MR) is 78.6 cm³/mol. The van der Waals surface area contributed by atoms with Crippen molar-refractivity contribution >= 4 is 27.4 Å². The van der Waals surface area contributed by atoms with Crippen molar-refractivity contribution in [3.8, 4) is 0 Å². The number of hydrogen-bond acceptors (Lipinski definition) is 6. The first-order chi connectivity index (χ1) is 10.0. The van der Waals surface area contributed by atoms with Crippen LogP contribution in [0.4, 0.5) is 5.82 Å². The van der Waals surface area contributed by atoms with E-state index in [1.807, 2.05) is 6.92 Å². The quantitative estimate of drug-likeness (QED) is 0.806. The van der Waals surface area contributed by atoms with E-state index in [9.17, 15) is 8.42 Å². The fraction of sp³-hybridized carbons (Fsp3) is 0.333. The van der Waals surface area contributed by atoms with E-state index in [0.717, 1.165) is 6.42 Å². The molecule has 0 saturated carbocycles. The second kappa shape index (κ2) is 6.88. The van der Waals surface area contributed by atoms with Gasteiger partial charge in [-0.15, -0.1) is 0 Å². The van der Waals surface area contributed by atoms with Gasteiger partial charge in [0.25, 0.3) is 0 Å². The number of halogens is 1. The van der Waals surface area contributed by atoms with Crippen molar-refractivity contribution < 1.29 is 12.9 Å². The summed E-state index contributed by atoms with van der Waals surface area (Å²) in [5, 5.41) is 6.77. The van der Waals surface area contributed by atoms with Crippen LogP contribution in [-0.4, -0.2) is 25.1 Å². The third-order valence-corrected chi connectivity index (χ3v) is 4.25. The van der Waals surface area contributed by atoms with E-state index in [1.165, 1.54) is 18.5 Å². The van der Waals surface area contributed by atoms with E-state index >= 15 is 0 Å². The van der Waals surface area contributed by atoms with Gasteiger partial charge in [0.2, 0.25) is 10.0 Å². The lowest BCUT2D eigenvalue weighted by Gasteiger charge is -2.09. The molecule has 0 spiro atoms. The van der Waals surface area contributed by atoms with Crippen molar-refractivity contribution in [1.29, 1.82) is 0 Å². The zero-order chi connectivity index (χ0) is 15.3. The lowest BCUT2D eigenvalue weighted by atomic mass is 10.4. The molecule has 0 bridgehead atoms. The molecule has 0 unspecified atom stereocenters. The number of pyridine rings is 1. The first-order valence-corrected chi connectivity index (χ1v) is 8.17. The van der Waals surface area contributed by atoms with Gasteiger partial charge in [0.05, 0.1) is 17.8 Å². The second-order valence-corrected chi connectivity index (χ2v) is 6.41. The van der Waals surface area contributed by atoms with Crippen molar-refractivity contribution in [2.75, 3.05) is 11.9 Å². The highest BCUT2D eigenvalue weighted by Gasteiger charge is 2.17. The Kier molecular flexibility index (Phi) is 5.16. The van der Waals surface area contributed by atoms with Crippen LogP contribution in [0.5, 0.6) is 0 Å². The highest BCUT2D eigenvalue weighted by atomic mass is 35.5. The summed E-state index contributed by atoms with van der Waals surface area (Å²) < 4.78 is 31.4. The Hall–Kier alpha value is -1.64. The third-order valence-electron chi connectivity index (χ3n) is 2.60.